The summed E-state index contributed by atoms with van der Waals surface area (Å²) in [7, 11) is 0. The quantitative estimate of drug-likeness (QED) is 0.728. The summed E-state index contributed by atoms with van der Waals surface area (Å²) in [5, 5.41) is 3.35. The van der Waals surface area contributed by atoms with E-state index in [-0.39, 0.29) is 11.9 Å². The molecule has 0 spiro atoms. The minimum absolute atomic E-state index is 0.149. The highest BCUT2D eigenvalue weighted by molar-refractivity contribution is 9.10. The van der Waals surface area contributed by atoms with Gasteiger partial charge in [0.2, 0.25) is 0 Å². The second-order valence-corrected chi connectivity index (χ2v) is 6.35. The van der Waals surface area contributed by atoms with Gasteiger partial charge in [-0.25, -0.2) is 4.39 Å². The Labute approximate surface area is 135 Å². The highest BCUT2D eigenvalue weighted by Crippen LogP contribution is 2.30. The number of benzene rings is 2. The van der Waals surface area contributed by atoms with Crippen LogP contribution in [0, 0.1) is 12.7 Å². The summed E-state index contributed by atoms with van der Waals surface area (Å²) in [5.41, 5.74) is 2.85. The van der Waals surface area contributed by atoms with Crippen molar-refractivity contribution in [3.05, 3.63) is 67.9 Å². The normalized spacial score (nSPS) is 12.4. The number of halogens is 3. The van der Waals surface area contributed by atoms with Crippen molar-refractivity contribution in [3.8, 4) is 0 Å². The Balaban J connectivity index is 2.50. The lowest BCUT2D eigenvalue weighted by molar-refractivity contribution is 0.555. The molecule has 1 atom stereocenters. The number of nitrogens with one attached hydrogen (secondary N) is 1. The summed E-state index contributed by atoms with van der Waals surface area (Å²) in [4.78, 5) is 0. The molecular formula is C16H16Br2FN. The topological polar surface area (TPSA) is 12.0 Å². The number of rotatable bonds is 4. The first-order valence-corrected chi connectivity index (χ1v) is 8.06. The molecule has 1 nitrogen and oxygen atoms in total. The van der Waals surface area contributed by atoms with Crippen molar-refractivity contribution in [1.82, 2.24) is 5.32 Å². The van der Waals surface area contributed by atoms with E-state index < -0.39 is 0 Å². The summed E-state index contributed by atoms with van der Waals surface area (Å²) >= 11 is 6.75. The van der Waals surface area contributed by atoms with Gasteiger partial charge in [-0.15, -0.1) is 0 Å². The Morgan fingerprint density at radius 2 is 1.90 bits per heavy atom. The molecular weight excluding hydrogens is 385 g/mol. The molecule has 0 radical (unpaired) electrons. The fourth-order valence-electron chi connectivity index (χ4n) is 2.20. The number of hydrogen-bond acceptors (Lipinski definition) is 1. The first kappa shape index (κ1) is 15.7. The van der Waals surface area contributed by atoms with Gasteiger partial charge in [0.1, 0.15) is 5.82 Å². The van der Waals surface area contributed by atoms with E-state index in [1.807, 2.05) is 38.1 Å². The summed E-state index contributed by atoms with van der Waals surface area (Å²) in [6.07, 6.45) is 0. The van der Waals surface area contributed by atoms with Gasteiger partial charge in [0.15, 0.2) is 0 Å². The average Bonchev–Trinajstić information content (AvgIpc) is 2.43. The van der Waals surface area contributed by atoms with Crippen LogP contribution in [0.15, 0.2) is 45.3 Å². The predicted octanol–water partition coefficient (Wildman–Crippen LogP) is 5.36. The van der Waals surface area contributed by atoms with Gasteiger partial charge in [-0.2, -0.15) is 0 Å². The standard InChI is InChI=1S/C16H16Br2FN/c1-3-20-16(11-7-8-13(17)10(2)9-11)12-5-4-6-14(18)15(12)19/h4-9,16,20H,3H2,1-2H3. The van der Waals surface area contributed by atoms with Gasteiger partial charge in [-0.05, 0) is 52.7 Å². The predicted molar refractivity (Wildman–Crippen MR) is 88.5 cm³/mol. The molecule has 0 aliphatic rings. The Kier molecular flexibility index (Phi) is 5.35. The lowest BCUT2D eigenvalue weighted by Gasteiger charge is -2.21. The molecule has 0 heterocycles. The smallest absolute Gasteiger partial charge is 0.142 e. The van der Waals surface area contributed by atoms with Crippen molar-refractivity contribution in [2.45, 2.75) is 19.9 Å². The minimum Gasteiger partial charge on any atom is -0.306 e. The second-order valence-electron chi connectivity index (χ2n) is 4.64. The van der Waals surface area contributed by atoms with Crippen molar-refractivity contribution in [1.29, 1.82) is 0 Å². The Hall–Kier alpha value is -0.710. The summed E-state index contributed by atoms with van der Waals surface area (Å²) in [5.74, 6) is -0.209. The van der Waals surface area contributed by atoms with Crippen LogP contribution in [-0.4, -0.2) is 6.54 Å². The maximum Gasteiger partial charge on any atom is 0.142 e. The zero-order valence-electron chi connectivity index (χ0n) is 11.4. The van der Waals surface area contributed by atoms with Crippen molar-refractivity contribution < 1.29 is 4.39 Å². The molecule has 2 rings (SSSR count). The maximum atomic E-state index is 14.3. The molecule has 0 saturated carbocycles. The zero-order valence-corrected chi connectivity index (χ0v) is 14.6. The molecule has 0 fully saturated rings. The summed E-state index contributed by atoms with van der Waals surface area (Å²) in [6.45, 7) is 4.83. The Bertz CT molecular complexity index is 613. The van der Waals surface area contributed by atoms with E-state index in [1.54, 1.807) is 6.07 Å². The fourth-order valence-corrected chi connectivity index (χ4v) is 2.83. The Morgan fingerprint density at radius 1 is 1.15 bits per heavy atom. The van der Waals surface area contributed by atoms with Gasteiger partial charge in [-0.1, -0.05) is 47.1 Å². The van der Waals surface area contributed by atoms with E-state index in [2.05, 4.69) is 43.2 Å². The van der Waals surface area contributed by atoms with Gasteiger partial charge < -0.3 is 5.32 Å². The zero-order chi connectivity index (χ0) is 14.7. The van der Waals surface area contributed by atoms with Gasteiger partial charge in [0, 0.05) is 10.0 Å². The molecule has 0 aliphatic carbocycles. The van der Waals surface area contributed by atoms with Crippen LogP contribution < -0.4 is 5.32 Å². The molecule has 20 heavy (non-hydrogen) atoms. The SMILES string of the molecule is CCNC(c1ccc(Br)c(C)c1)c1cccc(Br)c1F. The molecule has 0 aromatic heterocycles. The lowest BCUT2D eigenvalue weighted by Crippen LogP contribution is -2.23. The molecule has 0 amide bonds. The van der Waals surface area contributed by atoms with Gasteiger partial charge in [0.05, 0.1) is 10.5 Å². The van der Waals surface area contributed by atoms with Crippen LogP contribution in [-0.2, 0) is 0 Å². The van der Waals surface area contributed by atoms with E-state index in [0.717, 1.165) is 22.1 Å². The first-order valence-electron chi connectivity index (χ1n) is 6.48. The van der Waals surface area contributed by atoms with Crippen LogP contribution in [0.1, 0.15) is 29.7 Å². The maximum absolute atomic E-state index is 14.3. The number of hydrogen-bond donors (Lipinski definition) is 1. The van der Waals surface area contributed by atoms with Crippen molar-refractivity contribution >= 4 is 31.9 Å². The Morgan fingerprint density at radius 3 is 2.55 bits per heavy atom. The highest BCUT2D eigenvalue weighted by atomic mass is 79.9. The van der Waals surface area contributed by atoms with E-state index in [1.165, 1.54) is 0 Å². The van der Waals surface area contributed by atoms with Crippen molar-refractivity contribution in [3.63, 3.8) is 0 Å². The van der Waals surface area contributed by atoms with E-state index in [4.69, 9.17) is 0 Å². The fraction of sp³-hybridized carbons (Fsp3) is 0.250. The van der Waals surface area contributed by atoms with Crippen molar-refractivity contribution in [2.24, 2.45) is 0 Å². The van der Waals surface area contributed by atoms with Crippen LogP contribution in [0.2, 0.25) is 0 Å². The average molecular weight is 401 g/mol. The summed E-state index contributed by atoms with van der Waals surface area (Å²) < 4.78 is 15.9. The van der Waals surface area contributed by atoms with Crippen molar-refractivity contribution in [2.75, 3.05) is 6.54 Å². The van der Waals surface area contributed by atoms with Gasteiger partial charge in [-0.3, -0.25) is 0 Å². The third kappa shape index (κ3) is 3.30. The molecule has 0 saturated heterocycles. The third-order valence-corrected chi connectivity index (χ3v) is 4.72. The lowest BCUT2D eigenvalue weighted by atomic mass is 9.97. The molecule has 2 aromatic carbocycles. The van der Waals surface area contributed by atoms with Crippen LogP contribution in [0.4, 0.5) is 4.39 Å². The van der Waals surface area contributed by atoms with Crippen LogP contribution in [0.3, 0.4) is 0 Å². The largest absolute Gasteiger partial charge is 0.306 e. The van der Waals surface area contributed by atoms with Crippen LogP contribution in [0.25, 0.3) is 0 Å². The van der Waals surface area contributed by atoms with E-state index in [0.29, 0.717) is 10.0 Å². The van der Waals surface area contributed by atoms with E-state index >= 15 is 0 Å². The minimum atomic E-state index is -0.209. The molecule has 106 valence electrons. The third-order valence-electron chi connectivity index (χ3n) is 3.22. The highest BCUT2D eigenvalue weighted by Gasteiger charge is 2.18. The first-order chi connectivity index (χ1) is 9.54. The van der Waals surface area contributed by atoms with Crippen LogP contribution >= 0.6 is 31.9 Å². The number of aryl methyl sites for hydroxylation is 1. The van der Waals surface area contributed by atoms with E-state index in [9.17, 15) is 4.39 Å². The van der Waals surface area contributed by atoms with Gasteiger partial charge >= 0.3 is 0 Å². The van der Waals surface area contributed by atoms with Gasteiger partial charge in [0.25, 0.3) is 0 Å². The molecule has 2 aromatic rings. The molecule has 0 bridgehead atoms. The molecule has 1 N–H and O–H groups in total. The molecule has 1 unspecified atom stereocenters. The summed E-state index contributed by atoms with van der Waals surface area (Å²) in [6, 6.07) is 11.4. The second kappa shape index (κ2) is 6.83. The molecule has 4 heteroatoms. The molecule has 0 aliphatic heterocycles. The monoisotopic (exact) mass is 399 g/mol. The van der Waals surface area contributed by atoms with Crippen LogP contribution in [0.5, 0.6) is 0 Å².